The van der Waals surface area contributed by atoms with Crippen molar-refractivity contribution in [2.75, 3.05) is 0 Å². The van der Waals surface area contributed by atoms with Crippen molar-refractivity contribution >= 4 is 5.97 Å². The molecule has 0 spiro atoms. The Bertz CT molecular complexity index is 793. The summed E-state index contributed by atoms with van der Waals surface area (Å²) in [5, 5.41) is 34.9. The molecule has 0 unspecified atom stereocenters. The monoisotopic (exact) mass is 268 g/mol. The second kappa shape index (κ2) is 4.78. The van der Waals surface area contributed by atoms with Crippen LogP contribution in [0.15, 0.2) is 6.33 Å². The van der Waals surface area contributed by atoms with E-state index in [0.717, 1.165) is 4.57 Å². The van der Waals surface area contributed by atoms with Gasteiger partial charge in [-0.15, -0.1) is 5.10 Å². The molecule has 2 aromatic heterocycles. The lowest BCUT2D eigenvalue weighted by Crippen LogP contribution is -2.13. The van der Waals surface area contributed by atoms with Gasteiger partial charge in [-0.05, 0) is 19.4 Å². The second-order valence-electron chi connectivity index (χ2n) is 3.95. The summed E-state index contributed by atoms with van der Waals surface area (Å²) in [5.74, 6) is -1.22. The number of carbonyl (C=O) groups is 1. The van der Waals surface area contributed by atoms with Crippen LogP contribution in [0, 0.1) is 36.5 Å². The lowest BCUT2D eigenvalue weighted by atomic mass is 10.1. The average molecular weight is 268 g/mol. The summed E-state index contributed by atoms with van der Waals surface area (Å²) in [6, 6.07) is 3.57. The van der Waals surface area contributed by atoms with Crippen LogP contribution in [0.1, 0.15) is 33.0 Å². The van der Waals surface area contributed by atoms with E-state index in [2.05, 4.69) is 15.2 Å². The molecule has 1 N–H and O–H groups in total. The van der Waals surface area contributed by atoms with Crippen molar-refractivity contribution in [3.05, 3.63) is 34.5 Å². The molecule has 0 aliphatic heterocycles. The van der Waals surface area contributed by atoms with E-state index in [-0.39, 0.29) is 22.8 Å². The molecule has 8 nitrogen and oxygen atoms in total. The third kappa shape index (κ3) is 1.85. The summed E-state index contributed by atoms with van der Waals surface area (Å²) in [6.07, 6.45) is 1.18. The van der Waals surface area contributed by atoms with Crippen molar-refractivity contribution in [1.82, 2.24) is 19.7 Å². The molecule has 0 fully saturated rings. The summed E-state index contributed by atoms with van der Waals surface area (Å²) >= 11 is 0. The minimum Gasteiger partial charge on any atom is -0.478 e. The number of imidazole rings is 1. The van der Waals surface area contributed by atoms with Crippen molar-refractivity contribution in [3.8, 4) is 18.0 Å². The van der Waals surface area contributed by atoms with Gasteiger partial charge in [0.1, 0.15) is 24.0 Å². The number of aromatic nitrogens is 4. The number of hydrogen-bond donors (Lipinski definition) is 1. The summed E-state index contributed by atoms with van der Waals surface area (Å²) < 4.78 is 1.15. The largest absolute Gasteiger partial charge is 0.478 e. The number of carboxylic acid groups (broad SMARTS) is 1. The topological polar surface area (TPSA) is 128 Å². The number of carboxylic acids is 1. The van der Waals surface area contributed by atoms with Gasteiger partial charge in [-0.25, -0.2) is 9.78 Å². The summed E-state index contributed by atoms with van der Waals surface area (Å²) in [5.41, 5.74) is 0.677. The molecular weight excluding hydrogens is 260 g/mol. The van der Waals surface area contributed by atoms with Crippen LogP contribution in [0.3, 0.4) is 0 Å². The number of nitriles is 2. The highest BCUT2D eigenvalue weighted by Gasteiger charge is 2.22. The first kappa shape index (κ1) is 13.2. The van der Waals surface area contributed by atoms with E-state index in [1.807, 2.05) is 6.07 Å². The predicted molar refractivity (Wildman–Crippen MR) is 65.0 cm³/mol. The Morgan fingerprint density at radius 3 is 2.55 bits per heavy atom. The molecular formula is C12H8N6O2. The molecule has 0 saturated carbocycles. The van der Waals surface area contributed by atoms with Crippen molar-refractivity contribution in [3.63, 3.8) is 0 Å². The zero-order valence-corrected chi connectivity index (χ0v) is 10.6. The van der Waals surface area contributed by atoms with Gasteiger partial charge in [0.2, 0.25) is 0 Å². The Balaban J connectivity index is 2.82. The highest BCUT2D eigenvalue weighted by atomic mass is 16.4. The van der Waals surface area contributed by atoms with Crippen LogP contribution in [0.4, 0.5) is 0 Å². The van der Waals surface area contributed by atoms with Gasteiger partial charge >= 0.3 is 5.97 Å². The van der Waals surface area contributed by atoms with Gasteiger partial charge in [0, 0.05) is 0 Å². The van der Waals surface area contributed by atoms with Crippen LogP contribution < -0.4 is 0 Å². The van der Waals surface area contributed by atoms with Crippen molar-refractivity contribution in [2.45, 2.75) is 13.8 Å². The molecule has 0 amide bonds. The van der Waals surface area contributed by atoms with Gasteiger partial charge in [0.15, 0.2) is 17.2 Å². The fourth-order valence-electron chi connectivity index (χ4n) is 1.72. The molecule has 0 aromatic carbocycles. The van der Waals surface area contributed by atoms with Crippen LogP contribution in [0.2, 0.25) is 0 Å². The number of aromatic carboxylic acids is 1. The molecule has 0 saturated heterocycles. The van der Waals surface area contributed by atoms with Crippen molar-refractivity contribution in [1.29, 1.82) is 10.5 Å². The number of rotatable bonds is 2. The van der Waals surface area contributed by atoms with Gasteiger partial charge in [-0.3, -0.25) is 4.57 Å². The Morgan fingerprint density at radius 1 is 1.30 bits per heavy atom. The maximum absolute atomic E-state index is 11.4. The van der Waals surface area contributed by atoms with Crippen LogP contribution >= 0.6 is 0 Å². The summed E-state index contributed by atoms with van der Waals surface area (Å²) in [6.45, 7) is 3.24. The first-order valence-corrected chi connectivity index (χ1v) is 5.46. The minimum atomic E-state index is -1.19. The Labute approximate surface area is 113 Å². The van der Waals surface area contributed by atoms with E-state index in [1.165, 1.54) is 6.33 Å². The first-order chi connectivity index (χ1) is 9.51. The average Bonchev–Trinajstić information content (AvgIpc) is 2.83. The highest BCUT2D eigenvalue weighted by molar-refractivity contribution is 5.93. The maximum Gasteiger partial charge on any atom is 0.339 e. The maximum atomic E-state index is 11.4. The van der Waals surface area contributed by atoms with Crippen molar-refractivity contribution < 1.29 is 9.90 Å². The third-order valence-corrected chi connectivity index (χ3v) is 2.86. The normalized spacial score (nSPS) is 9.80. The molecule has 98 valence electrons. The second-order valence-corrected chi connectivity index (χ2v) is 3.95. The first-order valence-electron chi connectivity index (χ1n) is 5.46. The zero-order chi connectivity index (χ0) is 14.9. The highest BCUT2D eigenvalue weighted by Crippen LogP contribution is 2.20. The van der Waals surface area contributed by atoms with Crippen molar-refractivity contribution in [2.24, 2.45) is 0 Å². The Kier molecular flexibility index (Phi) is 3.15. The number of hydrogen-bond acceptors (Lipinski definition) is 6. The van der Waals surface area contributed by atoms with E-state index in [1.54, 1.807) is 19.9 Å². The van der Waals surface area contributed by atoms with E-state index < -0.39 is 5.97 Å². The zero-order valence-electron chi connectivity index (χ0n) is 10.6. The molecule has 0 aliphatic carbocycles. The molecule has 0 aliphatic rings. The SMILES string of the molecule is Cc1nnc(-n2cnc(C#N)c2C#N)c(C(=O)O)c1C. The molecule has 0 bridgehead atoms. The van der Waals surface area contributed by atoms with Crippen LogP contribution in [-0.4, -0.2) is 30.8 Å². The molecule has 2 rings (SSSR count). The molecule has 0 atom stereocenters. The summed E-state index contributed by atoms with van der Waals surface area (Å²) in [4.78, 5) is 15.1. The smallest absolute Gasteiger partial charge is 0.339 e. The predicted octanol–water partition coefficient (Wildman–Crippen LogP) is 0.721. The lowest BCUT2D eigenvalue weighted by Gasteiger charge is -2.10. The van der Waals surface area contributed by atoms with Gasteiger partial charge in [0.05, 0.1) is 5.69 Å². The van der Waals surface area contributed by atoms with E-state index in [0.29, 0.717) is 11.3 Å². The molecule has 2 aromatic rings. The Morgan fingerprint density at radius 2 is 2.00 bits per heavy atom. The van der Waals surface area contributed by atoms with E-state index in [4.69, 9.17) is 10.5 Å². The van der Waals surface area contributed by atoms with Crippen LogP contribution in [0.25, 0.3) is 5.82 Å². The van der Waals surface area contributed by atoms with Gasteiger partial charge < -0.3 is 5.11 Å². The lowest BCUT2D eigenvalue weighted by molar-refractivity contribution is 0.0695. The number of aryl methyl sites for hydroxylation is 1. The fourth-order valence-corrected chi connectivity index (χ4v) is 1.72. The standard InChI is InChI=1S/C12H8N6O2/c1-6-7(2)16-17-11(10(6)12(19)20)18-5-15-8(3-13)9(18)4-14/h5H,1-2H3,(H,19,20). The molecule has 8 heteroatoms. The minimum absolute atomic E-state index is 0.0360. The molecule has 2 heterocycles. The summed E-state index contributed by atoms with van der Waals surface area (Å²) in [7, 11) is 0. The van der Waals surface area contributed by atoms with E-state index in [9.17, 15) is 9.90 Å². The molecule has 20 heavy (non-hydrogen) atoms. The third-order valence-electron chi connectivity index (χ3n) is 2.86. The quantitative estimate of drug-likeness (QED) is 0.849. The molecule has 0 radical (unpaired) electrons. The van der Waals surface area contributed by atoms with Gasteiger partial charge in [-0.2, -0.15) is 15.6 Å². The van der Waals surface area contributed by atoms with Crippen LogP contribution in [-0.2, 0) is 0 Å². The Hall–Kier alpha value is -3.26. The number of nitrogens with zero attached hydrogens (tertiary/aromatic N) is 6. The van der Waals surface area contributed by atoms with E-state index >= 15 is 0 Å². The van der Waals surface area contributed by atoms with Gasteiger partial charge in [-0.1, -0.05) is 0 Å². The fraction of sp³-hybridized carbons (Fsp3) is 0.167. The van der Waals surface area contributed by atoms with Crippen LogP contribution in [0.5, 0.6) is 0 Å². The van der Waals surface area contributed by atoms with Gasteiger partial charge in [0.25, 0.3) is 0 Å².